The first kappa shape index (κ1) is 39.1. The summed E-state index contributed by atoms with van der Waals surface area (Å²) >= 11 is 0. The Labute approximate surface area is 296 Å². The number of nitrogens with zero attached hydrogens (tertiary/aromatic N) is 3. The Morgan fingerprint density at radius 1 is 0.857 bits per heavy atom. The first-order valence-electron chi connectivity index (χ1n) is 16.6. The van der Waals surface area contributed by atoms with E-state index in [2.05, 4.69) is 17.3 Å². The summed E-state index contributed by atoms with van der Waals surface area (Å²) in [5.41, 5.74) is 8.40. The maximum atomic E-state index is 13.7. The van der Waals surface area contributed by atoms with E-state index in [-0.39, 0.29) is 30.1 Å². The minimum atomic E-state index is -0.365. The third-order valence-electron chi connectivity index (χ3n) is 8.36. The molecule has 1 fully saturated rings. The summed E-state index contributed by atoms with van der Waals surface area (Å²) in [5, 5.41) is 2.88. The highest BCUT2D eigenvalue weighted by molar-refractivity contribution is 6.09. The van der Waals surface area contributed by atoms with Gasteiger partial charge in [-0.3, -0.25) is 14.4 Å². The lowest BCUT2D eigenvalue weighted by atomic mass is 10.1. The predicted octanol–water partition coefficient (Wildman–Crippen LogP) is 5.40. The molecule has 0 bridgehead atoms. The number of rotatable bonds is 16. The van der Waals surface area contributed by atoms with Crippen molar-refractivity contribution in [3.63, 3.8) is 0 Å². The molecule has 3 aromatic carbocycles. The Kier molecular flexibility index (Phi) is 15.7. The third-order valence-corrected chi connectivity index (χ3v) is 8.36. The fourth-order valence-electron chi connectivity index (χ4n) is 5.43. The molecule has 266 valence electrons. The van der Waals surface area contributed by atoms with Gasteiger partial charge in [0.25, 0.3) is 11.8 Å². The number of hydrogen-bond donors (Lipinski definition) is 2. The summed E-state index contributed by atoms with van der Waals surface area (Å²) in [6.45, 7) is 6.80. The maximum absolute atomic E-state index is 13.7. The van der Waals surface area contributed by atoms with Crippen molar-refractivity contribution in [2.75, 3.05) is 77.4 Å². The van der Waals surface area contributed by atoms with Crippen LogP contribution in [0.1, 0.15) is 58.4 Å². The Morgan fingerprint density at radius 3 is 2.31 bits per heavy atom. The maximum Gasteiger partial charge on any atom is 0.259 e. The predicted molar refractivity (Wildman–Crippen MR) is 196 cm³/mol. The highest BCUT2D eigenvalue weighted by Gasteiger charge is 2.21. The fourth-order valence-corrected chi connectivity index (χ4v) is 5.43. The standard InChI is InChI=1S/C37H49N5O6.ClH/c1-27-14-17-31(34(25-27)48-23-9-5-6-13-35(43)42-21-19-40(2)20-22-42)41(3)37(45)28-15-16-30(33(26-28)46-4)39-36(44)29-11-7-8-12-32(29)47-24-10-18-38;/h7-8,11-12,14-17,25-26H,5-6,9-10,13,18-24,38H2,1-4H3,(H,39,44);1H. The van der Waals surface area contributed by atoms with E-state index in [4.69, 9.17) is 19.9 Å². The number of unbranched alkanes of at least 4 members (excludes halogenated alkanes) is 2. The van der Waals surface area contributed by atoms with Gasteiger partial charge in [0.2, 0.25) is 5.91 Å². The molecule has 0 atom stereocenters. The topological polar surface area (TPSA) is 127 Å². The first-order valence-corrected chi connectivity index (χ1v) is 16.6. The zero-order valence-electron chi connectivity index (χ0n) is 29.0. The second kappa shape index (κ2) is 19.6. The second-order valence-electron chi connectivity index (χ2n) is 12.0. The number of methoxy groups -OCH3 is 1. The zero-order chi connectivity index (χ0) is 34.5. The highest BCUT2D eigenvalue weighted by atomic mass is 35.5. The number of anilines is 2. The van der Waals surface area contributed by atoms with Gasteiger partial charge >= 0.3 is 0 Å². The van der Waals surface area contributed by atoms with Gasteiger partial charge in [-0.25, -0.2) is 0 Å². The van der Waals surface area contributed by atoms with Crippen LogP contribution in [0.2, 0.25) is 0 Å². The third kappa shape index (κ3) is 11.1. The molecule has 1 aliphatic rings. The molecule has 0 aromatic heterocycles. The Hall–Kier alpha value is -4.32. The van der Waals surface area contributed by atoms with Gasteiger partial charge in [-0.05, 0) is 94.2 Å². The Morgan fingerprint density at radius 2 is 1.57 bits per heavy atom. The SMILES string of the molecule is COc1cc(C(=O)N(C)c2ccc(C)cc2OCCCCCC(=O)N2CCN(C)CC2)ccc1NC(=O)c1ccccc1OCCCN.Cl. The van der Waals surface area contributed by atoms with E-state index < -0.39 is 0 Å². The highest BCUT2D eigenvalue weighted by Crippen LogP contribution is 2.32. The van der Waals surface area contributed by atoms with E-state index in [0.717, 1.165) is 51.0 Å². The van der Waals surface area contributed by atoms with Crippen LogP contribution in [0.4, 0.5) is 11.4 Å². The van der Waals surface area contributed by atoms with Crippen molar-refractivity contribution < 1.29 is 28.6 Å². The number of para-hydroxylation sites is 1. The number of hydrogen-bond acceptors (Lipinski definition) is 8. The van der Waals surface area contributed by atoms with Crippen molar-refractivity contribution in [1.29, 1.82) is 0 Å². The van der Waals surface area contributed by atoms with E-state index in [0.29, 0.717) is 72.4 Å². The van der Waals surface area contributed by atoms with E-state index in [1.165, 1.54) is 7.11 Å². The molecule has 0 aliphatic carbocycles. The van der Waals surface area contributed by atoms with Gasteiger partial charge in [0.05, 0.1) is 37.3 Å². The number of benzene rings is 3. The minimum absolute atomic E-state index is 0. The van der Waals surface area contributed by atoms with Gasteiger partial charge in [0.15, 0.2) is 0 Å². The summed E-state index contributed by atoms with van der Waals surface area (Å²) in [6.07, 6.45) is 3.73. The molecule has 1 aliphatic heterocycles. The molecular weight excluding hydrogens is 646 g/mol. The van der Waals surface area contributed by atoms with Gasteiger partial charge in [-0.1, -0.05) is 18.2 Å². The lowest BCUT2D eigenvalue weighted by Gasteiger charge is -2.32. The van der Waals surface area contributed by atoms with E-state index in [9.17, 15) is 14.4 Å². The number of nitrogens with two attached hydrogens (primary N) is 1. The van der Waals surface area contributed by atoms with E-state index in [1.807, 2.05) is 30.0 Å². The molecule has 0 radical (unpaired) electrons. The molecule has 49 heavy (non-hydrogen) atoms. The molecule has 0 saturated carbocycles. The molecule has 1 heterocycles. The van der Waals surface area contributed by atoms with Crippen molar-refractivity contribution in [3.05, 3.63) is 77.4 Å². The number of carbonyl (C=O) groups excluding carboxylic acids is 3. The number of ether oxygens (including phenoxy) is 3. The first-order chi connectivity index (χ1) is 23.2. The molecular formula is C37H50ClN5O6. The Bertz CT molecular complexity index is 1550. The number of carbonyl (C=O) groups is 3. The van der Waals surface area contributed by atoms with Crippen LogP contribution in [0.3, 0.4) is 0 Å². The monoisotopic (exact) mass is 695 g/mol. The average molecular weight is 696 g/mol. The number of halogens is 1. The van der Waals surface area contributed by atoms with Crippen molar-refractivity contribution in [1.82, 2.24) is 9.80 Å². The fraction of sp³-hybridized carbons (Fsp3) is 0.432. The van der Waals surface area contributed by atoms with Crippen LogP contribution in [0, 0.1) is 6.92 Å². The van der Waals surface area contributed by atoms with Crippen molar-refractivity contribution in [3.8, 4) is 17.2 Å². The molecule has 3 amide bonds. The minimum Gasteiger partial charge on any atom is -0.495 e. The number of nitrogens with one attached hydrogen (secondary N) is 1. The van der Waals surface area contributed by atoms with Crippen LogP contribution < -0.4 is 30.2 Å². The van der Waals surface area contributed by atoms with Crippen LogP contribution in [0.15, 0.2) is 60.7 Å². The molecule has 4 rings (SSSR count). The number of likely N-dealkylation sites (N-methyl/N-ethyl adjacent to an activating group) is 1. The molecule has 12 heteroatoms. The number of aryl methyl sites for hydroxylation is 1. The zero-order valence-corrected chi connectivity index (χ0v) is 29.9. The van der Waals surface area contributed by atoms with Gasteiger partial charge in [0, 0.05) is 45.2 Å². The molecule has 3 N–H and O–H groups in total. The average Bonchev–Trinajstić information content (AvgIpc) is 3.09. The molecule has 1 saturated heterocycles. The van der Waals surface area contributed by atoms with Crippen LogP contribution >= 0.6 is 12.4 Å². The van der Waals surface area contributed by atoms with Crippen molar-refractivity contribution in [2.45, 2.75) is 39.0 Å². The lowest BCUT2D eigenvalue weighted by Crippen LogP contribution is -2.47. The van der Waals surface area contributed by atoms with Crippen molar-refractivity contribution in [2.24, 2.45) is 5.73 Å². The number of piperazine rings is 1. The normalized spacial score (nSPS) is 12.9. The van der Waals surface area contributed by atoms with Crippen LogP contribution in [-0.4, -0.2) is 94.7 Å². The van der Waals surface area contributed by atoms with Crippen molar-refractivity contribution >= 4 is 41.5 Å². The summed E-state index contributed by atoms with van der Waals surface area (Å²) in [5.74, 6) is 1.02. The van der Waals surface area contributed by atoms with Gasteiger partial charge in [0.1, 0.15) is 17.2 Å². The quantitative estimate of drug-likeness (QED) is 0.191. The summed E-state index contributed by atoms with van der Waals surface area (Å²) in [6, 6.07) is 17.6. The summed E-state index contributed by atoms with van der Waals surface area (Å²) < 4.78 is 17.5. The lowest BCUT2D eigenvalue weighted by molar-refractivity contribution is -0.132. The Balaban J connectivity index is 0.00000650. The summed E-state index contributed by atoms with van der Waals surface area (Å²) in [4.78, 5) is 45.1. The molecule has 0 spiro atoms. The van der Waals surface area contributed by atoms with Crippen LogP contribution in [-0.2, 0) is 4.79 Å². The second-order valence-corrected chi connectivity index (χ2v) is 12.0. The molecule has 11 nitrogen and oxygen atoms in total. The van der Waals surface area contributed by atoms with Gasteiger partial charge < -0.3 is 40.0 Å². The van der Waals surface area contributed by atoms with E-state index >= 15 is 0 Å². The van der Waals surface area contributed by atoms with E-state index in [1.54, 1.807) is 54.4 Å². The van der Waals surface area contributed by atoms with Crippen LogP contribution in [0.5, 0.6) is 17.2 Å². The number of amides is 3. The molecule has 0 unspecified atom stereocenters. The van der Waals surface area contributed by atoms with Gasteiger partial charge in [-0.2, -0.15) is 0 Å². The smallest absolute Gasteiger partial charge is 0.259 e. The largest absolute Gasteiger partial charge is 0.495 e. The van der Waals surface area contributed by atoms with Gasteiger partial charge in [-0.15, -0.1) is 12.4 Å². The molecule has 3 aromatic rings. The van der Waals surface area contributed by atoms with Crippen LogP contribution in [0.25, 0.3) is 0 Å². The summed E-state index contributed by atoms with van der Waals surface area (Å²) in [7, 11) is 5.27.